The molecule has 0 radical (unpaired) electrons. The minimum Gasteiger partial charge on any atom is -0.369 e. The average molecular weight is 246 g/mol. The lowest BCUT2D eigenvalue weighted by Crippen LogP contribution is -2.33. The van der Waals surface area contributed by atoms with E-state index >= 15 is 0 Å². The molecule has 1 fully saturated rings. The van der Waals surface area contributed by atoms with E-state index in [4.69, 9.17) is 4.74 Å². The molecule has 18 heavy (non-hydrogen) atoms. The van der Waals surface area contributed by atoms with Crippen molar-refractivity contribution in [3.63, 3.8) is 0 Å². The molecule has 0 aromatic heterocycles. The van der Waals surface area contributed by atoms with Crippen molar-refractivity contribution in [2.75, 3.05) is 0 Å². The molecule has 98 valence electrons. The van der Waals surface area contributed by atoms with Gasteiger partial charge in [-0.05, 0) is 47.1 Å². The van der Waals surface area contributed by atoms with Gasteiger partial charge in [-0.25, -0.2) is 0 Å². The van der Waals surface area contributed by atoms with Gasteiger partial charge in [-0.3, -0.25) is 4.79 Å². The van der Waals surface area contributed by atoms with E-state index in [1.807, 2.05) is 45.0 Å². The lowest BCUT2D eigenvalue weighted by atomic mass is 9.81. The number of benzene rings is 1. The molecule has 0 N–H and O–H groups in total. The number of ether oxygens (including phenoxy) is 1. The average Bonchev–Trinajstić information content (AvgIpc) is 2.45. The van der Waals surface area contributed by atoms with Crippen LogP contribution < -0.4 is 0 Å². The van der Waals surface area contributed by atoms with Crippen LogP contribution in [-0.2, 0) is 4.74 Å². The number of aryl methyl sites for hydroxylation is 1. The molecule has 2 heteroatoms. The van der Waals surface area contributed by atoms with E-state index in [2.05, 4.69) is 13.8 Å². The van der Waals surface area contributed by atoms with Crippen molar-refractivity contribution in [3.05, 3.63) is 35.4 Å². The van der Waals surface area contributed by atoms with E-state index in [1.165, 1.54) is 0 Å². The summed E-state index contributed by atoms with van der Waals surface area (Å²) >= 11 is 0. The van der Waals surface area contributed by atoms with Crippen molar-refractivity contribution in [1.82, 2.24) is 0 Å². The number of carbonyl (C=O) groups excluding carboxylic acids is 1. The first-order valence-corrected chi connectivity index (χ1v) is 6.52. The van der Waals surface area contributed by atoms with Gasteiger partial charge in [0.25, 0.3) is 0 Å². The van der Waals surface area contributed by atoms with Crippen LogP contribution in [-0.4, -0.2) is 17.0 Å². The largest absolute Gasteiger partial charge is 0.369 e. The zero-order valence-electron chi connectivity index (χ0n) is 11.9. The maximum Gasteiger partial charge on any atom is 0.168 e. The highest BCUT2D eigenvalue weighted by atomic mass is 16.5. The minimum absolute atomic E-state index is 0.0608. The number of carbonyl (C=O) groups is 1. The molecule has 0 amide bonds. The molecule has 1 aliphatic rings. The van der Waals surface area contributed by atoms with Gasteiger partial charge in [0.1, 0.15) is 0 Å². The Morgan fingerprint density at radius 2 is 1.94 bits per heavy atom. The first-order valence-electron chi connectivity index (χ1n) is 6.52. The summed E-state index contributed by atoms with van der Waals surface area (Å²) < 4.78 is 6.00. The Hall–Kier alpha value is -1.15. The van der Waals surface area contributed by atoms with Gasteiger partial charge in [0, 0.05) is 5.56 Å². The fourth-order valence-electron chi connectivity index (χ4n) is 2.97. The highest BCUT2D eigenvalue weighted by Crippen LogP contribution is 2.43. The Balaban J connectivity index is 2.30. The quantitative estimate of drug-likeness (QED) is 0.742. The summed E-state index contributed by atoms with van der Waals surface area (Å²) in [6.07, 6.45) is 0.784. The normalized spacial score (nSPS) is 25.1. The maximum atomic E-state index is 12.6. The molecular formula is C16H22O2. The minimum atomic E-state index is -0.385. The van der Waals surface area contributed by atoms with Crippen LogP contribution in [0.5, 0.6) is 0 Å². The first-order chi connectivity index (χ1) is 8.21. The van der Waals surface area contributed by atoms with E-state index < -0.39 is 0 Å². The van der Waals surface area contributed by atoms with Gasteiger partial charge in [0.2, 0.25) is 0 Å². The summed E-state index contributed by atoms with van der Waals surface area (Å²) in [5.41, 5.74) is 1.32. The van der Waals surface area contributed by atoms with Crippen LogP contribution in [0.4, 0.5) is 0 Å². The maximum absolute atomic E-state index is 12.6. The highest BCUT2D eigenvalue weighted by Gasteiger charge is 2.49. The van der Waals surface area contributed by atoms with Gasteiger partial charge in [0.05, 0.1) is 17.1 Å². The van der Waals surface area contributed by atoms with E-state index in [0.717, 1.165) is 17.5 Å². The number of ketones is 1. The van der Waals surface area contributed by atoms with Crippen molar-refractivity contribution in [3.8, 4) is 0 Å². The third-order valence-electron chi connectivity index (χ3n) is 3.69. The molecule has 1 aromatic rings. The molecular weight excluding hydrogens is 224 g/mol. The second kappa shape index (κ2) is 4.20. The predicted molar refractivity (Wildman–Crippen MR) is 72.9 cm³/mol. The molecule has 2 rings (SSSR count). The van der Waals surface area contributed by atoms with Gasteiger partial charge in [-0.2, -0.15) is 0 Å². The van der Waals surface area contributed by atoms with E-state index in [1.54, 1.807) is 0 Å². The molecule has 1 heterocycles. The molecule has 1 saturated heterocycles. The van der Waals surface area contributed by atoms with Crippen LogP contribution in [0, 0.1) is 12.8 Å². The Morgan fingerprint density at radius 3 is 2.44 bits per heavy atom. The lowest BCUT2D eigenvalue weighted by Gasteiger charge is -2.26. The SMILES string of the molecule is Cc1cccc(C(=O)C2CC(C)(C)OC2(C)C)c1. The highest BCUT2D eigenvalue weighted by molar-refractivity contribution is 5.99. The fourth-order valence-corrected chi connectivity index (χ4v) is 2.97. The third-order valence-corrected chi connectivity index (χ3v) is 3.69. The van der Waals surface area contributed by atoms with Gasteiger partial charge in [-0.1, -0.05) is 23.8 Å². The Kier molecular flexibility index (Phi) is 3.10. The second-order valence-corrected chi connectivity index (χ2v) is 6.46. The van der Waals surface area contributed by atoms with Crippen LogP contribution in [0.3, 0.4) is 0 Å². The summed E-state index contributed by atoms with van der Waals surface area (Å²) in [5, 5.41) is 0. The Labute approximate surface area is 109 Å². The number of rotatable bonds is 2. The monoisotopic (exact) mass is 246 g/mol. The van der Waals surface area contributed by atoms with Crippen LogP contribution >= 0.6 is 0 Å². The van der Waals surface area contributed by atoms with E-state index in [0.29, 0.717) is 0 Å². The molecule has 0 spiro atoms. The van der Waals surface area contributed by atoms with Crippen molar-refractivity contribution < 1.29 is 9.53 Å². The molecule has 2 nitrogen and oxygen atoms in total. The second-order valence-electron chi connectivity index (χ2n) is 6.46. The number of hydrogen-bond donors (Lipinski definition) is 0. The van der Waals surface area contributed by atoms with Gasteiger partial charge in [-0.15, -0.1) is 0 Å². The Bertz CT molecular complexity index is 472. The molecule has 1 aromatic carbocycles. The number of hydrogen-bond acceptors (Lipinski definition) is 2. The smallest absolute Gasteiger partial charge is 0.168 e. The van der Waals surface area contributed by atoms with Gasteiger partial charge in [0.15, 0.2) is 5.78 Å². The van der Waals surface area contributed by atoms with Crippen molar-refractivity contribution in [1.29, 1.82) is 0 Å². The summed E-state index contributed by atoms with van der Waals surface area (Å²) in [7, 11) is 0. The molecule has 0 bridgehead atoms. The number of Topliss-reactive ketones (excluding diaryl/α,β-unsaturated/α-hetero) is 1. The molecule has 1 aliphatic heterocycles. The van der Waals surface area contributed by atoms with E-state index in [-0.39, 0.29) is 22.9 Å². The molecule has 1 unspecified atom stereocenters. The standard InChI is InChI=1S/C16H22O2/c1-11-7-6-8-12(9-11)14(17)13-10-15(2,3)18-16(13,4)5/h6-9,13H,10H2,1-5H3. The Morgan fingerprint density at radius 1 is 1.28 bits per heavy atom. The van der Waals surface area contributed by atoms with Crippen LogP contribution in [0.1, 0.15) is 50.0 Å². The van der Waals surface area contributed by atoms with Gasteiger partial charge >= 0.3 is 0 Å². The van der Waals surface area contributed by atoms with Crippen LogP contribution in [0.15, 0.2) is 24.3 Å². The summed E-state index contributed by atoms with van der Waals surface area (Å²) in [6.45, 7) is 10.1. The van der Waals surface area contributed by atoms with Crippen LogP contribution in [0.25, 0.3) is 0 Å². The summed E-state index contributed by atoms with van der Waals surface area (Å²) in [4.78, 5) is 12.6. The van der Waals surface area contributed by atoms with Gasteiger partial charge < -0.3 is 4.74 Å². The molecule has 0 aliphatic carbocycles. The molecule has 1 atom stereocenters. The fraction of sp³-hybridized carbons (Fsp3) is 0.562. The lowest BCUT2D eigenvalue weighted by molar-refractivity contribution is -0.0712. The zero-order chi connectivity index (χ0) is 13.6. The van der Waals surface area contributed by atoms with Crippen molar-refractivity contribution >= 4 is 5.78 Å². The zero-order valence-corrected chi connectivity index (χ0v) is 11.9. The topological polar surface area (TPSA) is 26.3 Å². The van der Waals surface area contributed by atoms with Crippen LogP contribution in [0.2, 0.25) is 0 Å². The van der Waals surface area contributed by atoms with E-state index in [9.17, 15) is 4.79 Å². The van der Waals surface area contributed by atoms with Crippen molar-refractivity contribution in [2.45, 2.75) is 52.2 Å². The third kappa shape index (κ3) is 2.49. The predicted octanol–water partition coefficient (Wildman–Crippen LogP) is 3.77. The first kappa shape index (κ1) is 13.3. The molecule has 0 saturated carbocycles. The summed E-state index contributed by atoms with van der Waals surface area (Å²) in [6, 6.07) is 7.81. The van der Waals surface area contributed by atoms with Crippen molar-refractivity contribution in [2.24, 2.45) is 5.92 Å². The summed E-state index contributed by atoms with van der Waals surface area (Å²) in [5.74, 6) is 0.142.